The van der Waals surface area contributed by atoms with Crippen LogP contribution in [0.3, 0.4) is 0 Å². The molecule has 0 radical (unpaired) electrons. The number of rotatable bonds is 6. The lowest BCUT2D eigenvalue weighted by Gasteiger charge is -2.10. The molecular formula is C22H20ClFN6OS. The average Bonchev–Trinajstić information content (AvgIpc) is 3.09. The Morgan fingerprint density at radius 1 is 1.16 bits per heavy atom. The second kappa shape index (κ2) is 9.07. The minimum Gasteiger partial charge on any atom is -0.397 e. The van der Waals surface area contributed by atoms with Gasteiger partial charge in [-0.3, -0.25) is 4.79 Å². The summed E-state index contributed by atoms with van der Waals surface area (Å²) in [5.74, 6) is -0.450. The molecule has 0 aliphatic heterocycles. The molecule has 164 valence electrons. The lowest BCUT2D eigenvalue weighted by atomic mass is 10.2. The summed E-state index contributed by atoms with van der Waals surface area (Å²) in [6.07, 6.45) is 1.37. The molecule has 2 heterocycles. The summed E-state index contributed by atoms with van der Waals surface area (Å²) in [5, 5.41) is 6.44. The summed E-state index contributed by atoms with van der Waals surface area (Å²) < 4.78 is 13.5. The van der Waals surface area contributed by atoms with Crippen molar-refractivity contribution in [3.8, 4) is 0 Å². The van der Waals surface area contributed by atoms with Crippen LogP contribution in [0.25, 0.3) is 10.2 Å². The van der Waals surface area contributed by atoms with Crippen LogP contribution in [0.4, 0.5) is 27.3 Å². The molecular weight excluding hydrogens is 451 g/mol. The molecule has 0 atom stereocenters. The average molecular weight is 471 g/mol. The number of hydrogen-bond acceptors (Lipinski definition) is 7. The predicted octanol–water partition coefficient (Wildman–Crippen LogP) is 5.12. The second-order valence-electron chi connectivity index (χ2n) is 7.39. The SMILES string of the molecule is CN(C)Cc1ccc(NC(=O)c2sc3ncnc(Nc4ccc(F)c(Cl)c4)c3c2N)cc1. The van der Waals surface area contributed by atoms with Crippen LogP contribution in [0.5, 0.6) is 0 Å². The van der Waals surface area contributed by atoms with Gasteiger partial charge in [0.1, 0.15) is 27.7 Å². The van der Waals surface area contributed by atoms with E-state index >= 15 is 0 Å². The zero-order valence-electron chi connectivity index (χ0n) is 17.3. The predicted molar refractivity (Wildman–Crippen MR) is 128 cm³/mol. The van der Waals surface area contributed by atoms with E-state index in [9.17, 15) is 9.18 Å². The van der Waals surface area contributed by atoms with Crippen molar-refractivity contribution in [3.63, 3.8) is 0 Å². The summed E-state index contributed by atoms with van der Waals surface area (Å²) in [4.78, 5) is 24.3. The Morgan fingerprint density at radius 3 is 2.56 bits per heavy atom. The molecule has 4 N–H and O–H groups in total. The van der Waals surface area contributed by atoms with Crippen LogP contribution in [0.2, 0.25) is 5.02 Å². The number of nitrogens with two attached hydrogens (primary N) is 1. The Morgan fingerprint density at radius 2 is 1.88 bits per heavy atom. The van der Waals surface area contributed by atoms with Gasteiger partial charge in [0.25, 0.3) is 5.91 Å². The molecule has 2 aromatic carbocycles. The van der Waals surface area contributed by atoms with Crippen LogP contribution in [-0.4, -0.2) is 34.9 Å². The lowest BCUT2D eigenvalue weighted by molar-refractivity contribution is 0.103. The number of amides is 1. The van der Waals surface area contributed by atoms with Crippen molar-refractivity contribution >= 4 is 61.9 Å². The van der Waals surface area contributed by atoms with Crippen LogP contribution in [0.1, 0.15) is 15.2 Å². The summed E-state index contributed by atoms with van der Waals surface area (Å²) in [6, 6.07) is 11.9. The first kappa shape index (κ1) is 21.9. The molecule has 0 fully saturated rings. The Bertz CT molecular complexity index is 1290. The fourth-order valence-corrected chi connectivity index (χ4v) is 4.31. The van der Waals surface area contributed by atoms with Crippen molar-refractivity contribution in [2.45, 2.75) is 6.54 Å². The molecule has 7 nitrogen and oxygen atoms in total. The fraction of sp³-hybridized carbons (Fsp3) is 0.136. The summed E-state index contributed by atoms with van der Waals surface area (Å²) in [5.41, 5.74) is 8.93. The number of carbonyl (C=O) groups is 1. The number of carbonyl (C=O) groups excluding carboxylic acids is 1. The van der Waals surface area contributed by atoms with E-state index in [1.165, 1.54) is 35.9 Å². The van der Waals surface area contributed by atoms with E-state index in [1.807, 2.05) is 38.4 Å². The lowest BCUT2D eigenvalue weighted by Crippen LogP contribution is -2.13. The van der Waals surface area contributed by atoms with Crippen LogP contribution in [-0.2, 0) is 6.54 Å². The largest absolute Gasteiger partial charge is 0.397 e. The fourth-order valence-electron chi connectivity index (χ4n) is 3.18. The standard InChI is InChI=1S/C22H20ClFN6OS/c1-30(2)10-12-3-5-13(6-4-12)29-21(31)19-18(25)17-20(26-11-27-22(17)32-19)28-14-7-8-16(24)15(23)9-14/h3-9,11H,10,25H2,1-2H3,(H,29,31)(H,26,27,28). The van der Waals surface area contributed by atoms with Gasteiger partial charge in [-0.25, -0.2) is 14.4 Å². The van der Waals surface area contributed by atoms with Gasteiger partial charge < -0.3 is 21.3 Å². The third-order valence-electron chi connectivity index (χ3n) is 4.62. The van der Waals surface area contributed by atoms with Crippen molar-refractivity contribution in [2.24, 2.45) is 0 Å². The van der Waals surface area contributed by atoms with Gasteiger partial charge in [0.2, 0.25) is 0 Å². The van der Waals surface area contributed by atoms with Gasteiger partial charge in [0.05, 0.1) is 16.1 Å². The quantitative estimate of drug-likeness (QED) is 0.362. The highest BCUT2D eigenvalue weighted by Gasteiger charge is 2.20. The number of anilines is 4. The van der Waals surface area contributed by atoms with Crippen LogP contribution in [0.15, 0.2) is 48.8 Å². The highest BCUT2D eigenvalue weighted by Crippen LogP contribution is 2.37. The molecule has 0 aliphatic rings. The first-order valence-electron chi connectivity index (χ1n) is 9.62. The van der Waals surface area contributed by atoms with E-state index in [-0.39, 0.29) is 16.6 Å². The normalized spacial score (nSPS) is 11.2. The van der Waals surface area contributed by atoms with E-state index in [0.29, 0.717) is 32.3 Å². The Labute approximate surface area is 193 Å². The molecule has 4 rings (SSSR count). The maximum absolute atomic E-state index is 13.5. The monoisotopic (exact) mass is 470 g/mol. The Balaban J connectivity index is 1.59. The molecule has 4 aromatic rings. The van der Waals surface area contributed by atoms with E-state index < -0.39 is 5.82 Å². The van der Waals surface area contributed by atoms with E-state index in [1.54, 1.807) is 0 Å². The van der Waals surface area contributed by atoms with Crippen LogP contribution < -0.4 is 16.4 Å². The van der Waals surface area contributed by atoms with Gasteiger partial charge >= 0.3 is 0 Å². The molecule has 32 heavy (non-hydrogen) atoms. The highest BCUT2D eigenvalue weighted by atomic mass is 35.5. The number of nitrogens with zero attached hydrogens (tertiary/aromatic N) is 3. The smallest absolute Gasteiger partial charge is 0.267 e. The molecule has 0 unspecified atom stereocenters. The van der Waals surface area contributed by atoms with Crippen molar-refractivity contribution in [3.05, 3.63) is 70.1 Å². The van der Waals surface area contributed by atoms with Gasteiger partial charge in [-0.05, 0) is 50.0 Å². The van der Waals surface area contributed by atoms with Gasteiger partial charge in [-0.1, -0.05) is 23.7 Å². The Hall–Kier alpha value is -3.27. The molecule has 0 bridgehead atoms. The first-order chi connectivity index (χ1) is 15.3. The van der Waals surface area contributed by atoms with E-state index in [4.69, 9.17) is 17.3 Å². The van der Waals surface area contributed by atoms with Crippen LogP contribution >= 0.6 is 22.9 Å². The third-order valence-corrected chi connectivity index (χ3v) is 6.03. The van der Waals surface area contributed by atoms with Crippen LogP contribution in [0, 0.1) is 5.82 Å². The van der Waals surface area contributed by atoms with Crippen molar-refractivity contribution in [1.29, 1.82) is 0 Å². The topological polar surface area (TPSA) is 96.2 Å². The molecule has 2 aromatic heterocycles. The number of thiophene rings is 1. The number of benzene rings is 2. The van der Waals surface area contributed by atoms with E-state index in [2.05, 4.69) is 25.5 Å². The second-order valence-corrected chi connectivity index (χ2v) is 8.80. The minimum absolute atomic E-state index is 0.0183. The maximum atomic E-state index is 13.5. The van der Waals surface area contributed by atoms with E-state index in [0.717, 1.165) is 12.1 Å². The van der Waals surface area contributed by atoms with Crippen molar-refractivity contribution in [2.75, 3.05) is 30.5 Å². The first-order valence-corrected chi connectivity index (χ1v) is 10.8. The highest BCUT2D eigenvalue weighted by molar-refractivity contribution is 7.21. The molecule has 0 saturated carbocycles. The van der Waals surface area contributed by atoms with Gasteiger partial charge in [0.15, 0.2) is 0 Å². The molecule has 0 aliphatic carbocycles. The number of aromatic nitrogens is 2. The van der Waals surface area contributed by atoms with Crippen molar-refractivity contribution in [1.82, 2.24) is 14.9 Å². The zero-order chi connectivity index (χ0) is 22.8. The molecule has 0 spiro atoms. The van der Waals surface area contributed by atoms with Crippen molar-refractivity contribution < 1.29 is 9.18 Å². The van der Waals surface area contributed by atoms with Gasteiger partial charge in [-0.15, -0.1) is 11.3 Å². The van der Waals surface area contributed by atoms with Gasteiger partial charge in [0, 0.05) is 17.9 Å². The number of nitrogen functional groups attached to an aromatic ring is 1. The maximum Gasteiger partial charge on any atom is 0.267 e. The summed E-state index contributed by atoms with van der Waals surface area (Å²) in [7, 11) is 3.99. The molecule has 10 heteroatoms. The zero-order valence-corrected chi connectivity index (χ0v) is 18.9. The summed E-state index contributed by atoms with van der Waals surface area (Å²) in [6.45, 7) is 0.811. The number of fused-ring (bicyclic) bond motifs is 1. The number of hydrogen-bond donors (Lipinski definition) is 3. The van der Waals surface area contributed by atoms with Gasteiger partial charge in [-0.2, -0.15) is 0 Å². The number of halogens is 2. The summed E-state index contributed by atoms with van der Waals surface area (Å²) >= 11 is 7.03. The molecule has 1 amide bonds. The Kier molecular flexibility index (Phi) is 6.22. The third kappa shape index (κ3) is 4.64. The minimum atomic E-state index is -0.520. The number of nitrogens with one attached hydrogen (secondary N) is 2. The molecule has 0 saturated heterocycles.